The predicted octanol–water partition coefficient (Wildman–Crippen LogP) is 4.79. The van der Waals surface area contributed by atoms with Gasteiger partial charge in [0.15, 0.2) is 0 Å². The molecule has 1 atom stereocenters. The molecule has 2 saturated heterocycles. The summed E-state index contributed by atoms with van der Waals surface area (Å²) >= 11 is 6.64. The Kier molecular flexibility index (Phi) is 8.33. The third kappa shape index (κ3) is 5.83. The molecular weight excluding hydrogens is 457 g/mol. The molecule has 4 rings (SSSR count). The molecule has 2 heterocycles. The number of hydrogen-bond acceptors (Lipinski definition) is 4. The molecule has 180 valence electrons. The number of nitrogens with zero attached hydrogens (tertiary/aromatic N) is 3. The van der Waals surface area contributed by atoms with Crippen molar-refractivity contribution in [2.24, 2.45) is 0 Å². The number of anilines is 2. The first kappa shape index (κ1) is 25.8. The van der Waals surface area contributed by atoms with E-state index in [0.29, 0.717) is 24.6 Å². The van der Waals surface area contributed by atoms with Crippen LogP contribution in [-0.4, -0.2) is 63.3 Å². The highest BCUT2D eigenvalue weighted by molar-refractivity contribution is 6.31. The van der Waals surface area contributed by atoms with E-state index < -0.39 is 6.10 Å². The van der Waals surface area contributed by atoms with Crippen LogP contribution in [-0.2, 0) is 21.4 Å². The van der Waals surface area contributed by atoms with Gasteiger partial charge in [-0.05, 0) is 47.9 Å². The highest BCUT2D eigenvalue weighted by atomic mass is 35.5. The molecule has 0 bridgehead atoms. The summed E-state index contributed by atoms with van der Waals surface area (Å²) in [5.74, 6) is 0.00371. The summed E-state index contributed by atoms with van der Waals surface area (Å²) < 4.78 is 5.96. The zero-order chi connectivity index (χ0) is 22.9. The van der Waals surface area contributed by atoms with Crippen molar-refractivity contribution in [3.8, 4) is 0 Å². The van der Waals surface area contributed by atoms with E-state index in [9.17, 15) is 4.79 Å². The van der Waals surface area contributed by atoms with Crippen molar-refractivity contribution in [1.82, 2.24) is 4.90 Å². The summed E-state index contributed by atoms with van der Waals surface area (Å²) in [5, 5.41) is 0.699. The summed E-state index contributed by atoms with van der Waals surface area (Å²) in [7, 11) is 2.15. The van der Waals surface area contributed by atoms with Crippen LogP contribution in [0.3, 0.4) is 0 Å². The van der Waals surface area contributed by atoms with Gasteiger partial charge in [-0.3, -0.25) is 4.79 Å². The number of carbonyl (C=O) groups is 1. The van der Waals surface area contributed by atoms with Crippen molar-refractivity contribution in [3.63, 3.8) is 0 Å². The van der Waals surface area contributed by atoms with Crippen molar-refractivity contribution in [3.05, 3.63) is 58.6 Å². The van der Waals surface area contributed by atoms with E-state index in [1.54, 1.807) is 0 Å². The monoisotopic (exact) mass is 491 g/mol. The van der Waals surface area contributed by atoms with E-state index in [-0.39, 0.29) is 23.7 Å². The summed E-state index contributed by atoms with van der Waals surface area (Å²) in [6, 6.07) is 14.3. The lowest BCUT2D eigenvalue weighted by atomic mass is 9.87. The largest absolute Gasteiger partial charge is 0.369 e. The Balaban J connectivity index is 0.00000306. The van der Waals surface area contributed by atoms with Gasteiger partial charge in [-0.25, -0.2) is 0 Å². The molecule has 0 aliphatic carbocycles. The van der Waals surface area contributed by atoms with Crippen LogP contribution in [0.2, 0.25) is 5.02 Å². The molecule has 0 saturated carbocycles. The smallest absolute Gasteiger partial charge is 0.256 e. The molecule has 2 aromatic carbocycles. The average Bonchev–Trinajstić information content (AvgIpc) is 2.76. The lowest BCUT2D eigenvalue weighted by molar-refractivity contribution is -0.133. The molecule has 2 aromatic rings. The van der Waals surface area contributed by atoms with Crippen LogP contribution in [0.25, 0.3) is 0 Å². The van der Waals surface area contributed by atoms with E-state index in [0.717, 1.165) is 43.1 Å². The number of morpholine rings is 1. The minimum atomic E-state index is -0.530. The first-order valence-corrected chi connectivity index (χ1v) is 11.9. The molecule has 0 aromatic heterocycles. The summed E-state index contributed by atoms with van der Waals surface area (Å²) in [6.07, 6.45) is -0.0475. The van der Waals surface area contributed by atoms with Crippen LogP contribution in [0.15, 0.2) is 42.5 Å². The topological polar surface area (TPSA) is 36.0 Å². The Hall–Kier alpha value is -1.79. The maximum atomic E-state index is 13.4. The SMILES string of the molecule is CN1CCN(c2cccc(Cl)c2CC2OCCN(c3ccc(C(C)(C)C)cc3)C2=O)CC1.Cl. The van der Waals surface area contributed by atoms with Gasteiger partial charge in [0.05, 0.1) is 6.61 Å². The maximum Gasteiger partial charge on any atom is 0.256 e. The van der Waals surface area contributed by atoms with E-state index in [4.69, 9.17) is 16.3 Å². The summed E-state index contributed by atoms with van der Waals surface area (Å²) in [6.45, 7) is 11.6. The van der Waals surface area contributed by atoms with Gasteiger partial charge in [0.25, 0.3) is 5.91 Å². The lowest BCUT2D eigenvalue weighted by Crippen LogP contribution is -2.49. The fourth-order valence-electron chi connectivity index (χ4n) is 4.46. The molecule has 33 heavy (non-hydrogen) atoms. The number of piperazine rings is 1. The lowest BCUT2D eigenvalue weighted by Gasteiger charge is -2.37. The molecule has 5 nitrogen and oxygen atoms in total. The van der Waals surface area contributed by atoms with Gasteiger partial charge in [-0.15, -0.1) is 12.4 Å². The fourth-order valence-corrected chi connectivity index (χ4v) is 4.71. The standard InChI is InChI=1S/C26H34ClN3O2.ClH/c1-26(2,3)19-8-10-20(11-9-19)30-16-17-32-24(25(30)31)18-21-22(27)6-5-7-23(21)29-14-12-28(4)13-15-29;/h5-11,24H,12-18H2,1-4H3;1H. The summed E-state index contributed by atoms with van der Waals surface area (Å²) in [4.78, 5) is 19.9. The van der Waals surface area contributed by atoms with Gasteiger partial charge in [0.2, 0.25) is 0 Å². The third-order valence-electron chi connectivity index (χ3n) is 6.55. The van der Waals surface area contributed by atoms with Gasteiger partial charge in [-0.1, -0.05) is 50.6 Å². The minimum Gasteiger partial charge on any atom is -0.369 e. The van der Waals surface area contributed by atoms with Crippen molar-refractivity contribution in [2.45, 2.75) is 38.7 Å². The molecule has 2 aliphatic rings. The highest BCUT2D eigenvalue weighted by Gasteiger charge is 2.32. The second-order valence-electron chi connectivity index (χ2n) is 9.88. The molecular formula is C26H35Cl2N3O2. The molecule has 7 heteroatoms. The first-order chi connectivity index (χ1) is 15.2. The van der Waals surface area contributed by atoms with Gasteiger partial charge in [-0.2, -0.15) is 0 Å². The first-order valence-electron chi connectivity index (χ1n) is 11.5. The number of amides is 1. The number of halogens is 2. The van der Waals surface area contributed by atoms with E-state index in [2.05, 4.69) is 55.8 Å². The van der Waals surface area contributed by atoms with E-state index in [1.165, 1.54) is 5.56 Å². The second-order valence-corrected chi connectivity index (χ2v) is 10.3. The fraction of sp³-hybridized carbons (Fsp3) is 0.500. The Labute approximate surface area is 209 Å². The van der Waals surface area contributed by atoms with Crippen LogP contribution >= 0.6 is 24.0 Å². The van der Waals surface area contributed by atoms with Crippen LogP contribution < -0.4 is 9.80 Å². The number of hydrogen-bond donors (Lipinski definition) is 0. The molecule has 2 fully saturated rings. The Morgan fingerprint density at radius 1 is 1.00 bits per heavy atom. The summed E-state index contributed by atoms with van der Waals surface area (Å²) in [5.41, 5.74) is 4.39. The number of benzene rings is 2. The molecule has 0 spiro atoms. The van der Waals surface area contributed by atoms with E-state index >= 15 is 0 Å². The predicted molar refractivity (Wildman–Crippen MR) is 139 cm³/mol. The van der Waals surface area contributed by atoms with Crippen LogP contribution in [0.1, 0.15) is 31.9 Å². The van der Waals surface area contributed by atoms with E-state index in [1.807, 2.05) is 29.2 Å². The molecule has 2 aliphatic heterocycles. The number of rotatable bonds is 4. The van der Waals surface area contributed by atoms with Crippen LogP contribution in [0, 0.1) is 0 Å². The number of likely N-dealkylation sites (N-methyl/N-ethyl adjacent to an activating group) is 1. The molecule has 0 radical (unpaired) electrons. The molecule has 0 N–H and O–H groups in total. The molecule has 1 unspecified atom stereocenters. The quantitative estimate of drug-likeness (QED) is 0.615. The van der Waals surface area contributed by atoms with Crippen molar-refractivity contribution in [1.29, 1.82) is 0 Å². The highest BCUT2D eigenvalue weighted by Crippen LogP contribution is 2.32. The van der Waals surface area contributed by atoms with Crippen molar-refractivity contribution >= 4 is 41.3 Å². The second kappa shape index (κ2) is 10.6. The average molecular weight is 492 g/mol. The zero-order valence-corrected chi connectivity index (χ0v) is 21.6. The minimum absolute atomic E-state index is 0. The van der Waals surface area contributed by atoms with Crippen LogP contribution in [0.4, 0.5) is 11.4 Å². The number of carbonyl (C=O) groups excluding carboxylic acids is 1. The van der Waals surface area contributed by atoms with Crippen molar-refractivity contribution < 1.29 is 9.53 Å². The van der Waals surface area contributed by atoms with Gasteiger partial charge in [0.1, 0.15) is 6.10 Å². The Bertz CT molecular complexity index is 951. The van der Waals surface area contributed by atoms with Crippen LogP contribution in [0.5, 0.6) is 0 Å². The molecule has 1 amide bonds. The van der Waals surface area contributed by atoms with Gasteiger partial charge < -0.3 is 19.4 Å². The normalized spacial score (nSPS) is 20.0. The Morgan fingerprint density at radius 2 is 1.67 bits per heavy atom. The Morgan fingerprint density at radius 3 is 2.30 bits per heavy atom. The van der Waals surface area contributed by atoms with Gasteiger partial charge in [0, 0.05) is 55.5 Å². The maximum absolute atomic E-state index is 13.4. The van der Waals surface area contributed by atoms with Crippen molar-refractivity contribution in [2.75, 3.05) is 56.2 Å². The zero-order valence-electron chi connectivity index (χ0n) is 20.0. The number of ether oxygens (including phenoxy) is 1. The third-order valence-corrected chi connectivity index (χ3v) is 6.90. The van der Waals surface area contributed by atoms with Gasteiger partial charge >= 0.3 is 0 Å².